The number of nitrogens with two attached hydrogens (primary N) is 1. The number of benzene rings is 2. The highest BCUT2D eigenvalue weighted by Gasteiger charge is 2.40. The molecule has 12 amide bonds. The van der Waals surface area contributed by atoms with Crippen molar-refractivity contribution in [2.45, 2.75) is 202 Å². The molecule has 0 bridgehead atoms. The average molecular weight is 1530 g/mol. The third kappa shape index (κ3) is 33.4. The SMILES string of the molecule is CC(=O)NC(Cc1ccc(O)cc1)CC(C)C(=O)Nc1ccc(NC(=O)[C@H](CCCNC(N)=O)NC(=O)[C@@H](NCCNC(=O)CCOCCNC(=O)CCN2C(=O)C=CC2=O)C(C)C)cc1.CCC(C)C(NC(=O)C1CCCCN1C)C(=O)N(COC(=O)CC(C)C)C(CC(OC(C)=O)c1nc(C)cs1)C(C)C. The number of rotatable bonds is 44. The maximum Gasteiger partial charge on any atom is 0.312 e. The number of primary amides is 1. The maximum absolute atomic E-state index is 14.5. The van der Waals surface area contributed by atoms with Crippen molar-refractivity contribution in [2.24, 2.45) is 35.3 Å². The number of aryl methyl sites for hydroxylation is 1. The number of hydrogen-bond acceptors (Lipinski definition) is 21. The van der Waals surface area contributed by atoms with Gasteiger partial charge in [0, 0.05) is 125 Å². The molecule has 3 heterocycles. The summed E-state index contributed by atoms with van der Waals surface area (Å²) >= 11 is 1.40. The Hall–Kier alpha value is -9.40. The van der Waals surface area contributed by atoms with Gasteiger partial charge in [0.25, 0.3) is 11.8 Å². The van der Waals surface area contributed by atoms with Crippen molar-refractivity contribution in [3.8, 4) is 5.75 Å². The van der Waals surface area contributed by atoms with E-state index < -0.39 is 77.8 Å². The lowest BCUT2D eigenvalue weighted by Crippen LogP contribution is -2.59. The van der Waals surface area contributed by atoms with E-state index in [1.165, 1.54) is 25.2 Å². The molecule has 1 saturated heterocycles. The van der Waals surface area contributed by atoms with Gasteiger partial charge in [-0.25, -0.2) is 9.78 Å². The quantitative estimate of drug-likeness (QED) is 0.0146. The van der Waals surface area contributed by atoms with Crippen molar-refractivity contribution >= 4 is 99.8 Å². The second-order valence-corrected chi connectivity index (χ2v) is 29.4. The molecule has 2 aliphatic rings. The van der Waals surface area contributed by atoms with Gasteiger partial charge in [-0.3, -0.25) is 67.3 Å². The van der Waals surface area contributed by atoms with Crippen LogP contribution in [0.5, 0.6) is 5.75 Å². The zero-order valence-corrected chi connectivity index (χ0v) is 65.7. The number of hydrogen-bond donors (Lipinski definition) is 11. The van der Waals surface area contributed by atoms with Crippen molar-refractivity contribution in [3.05, 3.63) is 82.3 Å². The van der Waals surface area contributed by atoms with E-state index in [0.717, 1.165) is 54.1 Å². The molecule has 0 saturated carbocycles. The van der Waals surface area contributed by atoms with Crippen molar-refractivity contribution in [2.75, 3.05) is 76.9 Å². The number of phenolic OH excluding ortho intramolecular Hbond substituents is 1. The molecule has 1 aromatic heterocycles. The Morgan fingerprint density at radius 3 is 1.94 bits per heavy atom. The van der Waals surface area contributed by atoms with E-state index in [-0.39, 0.29) is 162 Å². The number of imide groups is 1. The first-order chi connectivity index (χ1) is 51.1. The molecule has 0 radical (unpaired) electrons. The van der Waals surface area contributed by atoms with E-state index in [0.29, 0.717) is 42.1 Å². The van der Waals surface area contributed by atoms with Gasteiger partial charge in [0.15, 0.2) is 12.8 Å². The number of ether oxygens (including phenoxy) is 3. The molecule has 0 spiro atoms. The maximum atomic E-state index is 14.5. The normalized spacial score (nSPS) is 15.7. The molecule has 7 unspecified atom stereocenters. The fourth-order valence-corrected chi connectivity index (χ4v) is 12.9. The number of nitrogens with zero attached hydrogens (tertiary/aromatic N) is 4. The summed E-state index contributed by atoms with van der Waals surface area (Å²) in [5.41, 5.74) is 7.77. The number of aromatic nitrogens is 1. The third-order valence-corrected chi connectivity index (χ3v) is 19.2. The fraction of sp³-hybridized carbons (Fsp3) is 0.605. The number of esters is 2. The minimum atomic E-state index is -1.01. The average Bonchev–Trinajstić information content (AvgIpc) is 1.17. The third-order valence-electron chi connectivity index (χ3n) is 18.1. The Bertz CT molecular complexity index is 3460. The molecule has 108 heavy (non-hydrogen) atoms. The van der Waals surface area contributed by atoms with E-state index in [2.05, 4.69) is 52.8 Å². The number of anilines is 2. The summed E-state index contributed by atoms with van der Waals surface area (Å²) in [5, 5.41) is 37.6. The van der Waals surface area contributed by atoms with Crippen LogP contribution < -0.4 is 53.6 Å². The molecule has 2 aromatic carbocycles. The zero-order valence-electron chi connectivity index (χ0n) is 64.9. The number of aromatic hydroxyl groups is 1. The van der Waals surface area contributed by atoms with Crippen molar-refractivity contribution in [3.63, 3.8) is 0 Å². The van der Waals surface area contributed by atoms with Crippen LogP contribution in [-0.2, 0) is 78.2 Å². The van der Waals surface area contributed by atoms with E-state index in [1.807, 2.05) is 79.6 Å². The van der Waals surface area contributed by atoms with Crippen LogP contribution in [0.25, 0.3) is 0 Å². The van der Waals surface area contributed by atoms with Crippen LogP contribution in [0, 0.1) is 36.5 Å². The van der Waals surface area contributed by atoms with Gasteiger partial charge in [-0.2, -0.15) is 0 Å². The molecule has 1 fully saturated rings. The van der Waals surface area contributed by atoms with Gasteiger partial charge in [-0.05, 0) is 125 Å². The molecular formula is C76H116N14O17S. The Balaban J connectivity index is 0.000000504. The van der Waals surface area contributed by atoms with Crippen LogP contribution in [-0.4, -0.2) is 204 Å². The summed E-state index contributed by atoms with van der Waals surface area (Å²) in [4.78, 5) is 173. The predicted octanol–water partition coefficient (Wildman–Crippen LogP) is 5.41. The highest BCUT2D eigenvalue weighted by Crippen LogP contribution is 2.32. The number of likely N-dealkylation sites (tertiary alicyclic amines) is 1. The monoisotopic (exact) mass is 1530 g/mol. The number of amides is 12. The second-order valence-electron chi connectivity index (χ2n) is 28.5. The summed E-state index contributed by atoms with van der Waals surface area (Å²) in [6, 6.07) is 8.70. The highest BCUT2D eigenvalue weighted by molar-refractivity contribution is 7.09. The van der Waals surface area contributed by atoms with Crippen molar-refractivity contribution < 1.29 is 81.6 Å². The fourth-order valence-electron chi connectivity index (χ4n) is 12.0. The number of phenols is 1. The molecule has 12 N–H and O–H groups in total. The number of piperidine rings is 1. The molecule has 32 heteroatoms. The molecule has 0 aliphatic carbocycles. The molecule has 31 nitrogen and oxygen atoms in total. The van der Waals surface area contributed by atoms with Gasteiger partial charge in [0.1, 0.15) is 22.8 Å². The van der Waals surface area contributed by atoms with E-state index in [9.17, 15) is 67.4 Å². The number of carbonyl (C=O) groups is 13. The van der Waals surface area contributed by atoms with Gasteiger partial charge >= 0.3 is 18.0 Å². The number of likely N-dealkylation sites (N-methyl/N-ethyl adjacent to an activating group) is 1. The number of thiazole rings is 1. The topological polar surface area (TPSA) is 427 Å². The van der Waals surface area contributed by atoms with Crippen LogP contribution in [0.1, 0.15) is 169 Å². The Morgan fingerprint density at radius 2 is 1.37 bits per heavy atom. The Morgan fingerprint density at radius 1 is 0.731 bits per heavy atom. The van der Waals surface area contributed by atoms with Crippen LogP contribution in [0.3, 0.4) is 0 Å². The number of nitrogens with one attached hydrogen (secondary N) is 9. The van der Waals surface area contributed by atoms with Crippen molar-refractivity contribution in [1.29, 1.82) is 0 Å². The van der Waals surface area contributed by atoms with E-state index in [1.54, 1.807) is 60.4 Å². The van der Waals surface area contributed by atoms with Gasteiger partial charge < -0.3 is 77.8 Å². The molecule has 598 valence electrons. The molecule has 2 aliphatic heterocycles. The highest BCUT2D eigenvalue weighted by atomic mass is 32.1. The second kappa shape index (κ2) is 47.4. The van der Waals surface area contributed by atoms with Crippen LogP contribution in [0.15, 0.2) is 66.1 Å². The smallest absolute Gasteiger partial charge is 0.312 e. The molecule has 3 aromatic rings. The lowest BCUT2D eigenvalue weighted by Gasteiger charge is -2.39. The van der Waals surface area contributed by atoms with Crippen molar-refractivity contribution in [1.82, 2.24) is 56.9 Å². The standard InChI is InChI=1S/C45H64N10O11.C31H52N4O6S/c1-28(2)41(49-21-20-47-38(59)18-24-66-25-22-48-37(58)17-23-55-39(60)15-16-40(55)61)44(64)54-36(6-5-19-50-45(46)65)43(63)53-33-11-9-32(10-12-33)52-42(62)29(3)26-34(51-30(4)56)27-31-7-13-35(57)14-8-31;1-10-21(6)28(33-29(38)24-13-11-12-14-34(24)9)31(39)35(18-40-27(37)15-19(2)3)25(20(4)5)16-26(41-23(8)36)30-32-22(7)17-42-30/h7-16,28-29,34,36,41,49,57H,5-6,17-27H2,1-4H3,(H,47,59)(H,48,58)(H,51,56)(H,52,62)(H,53,63)(H,54,64)(H3,46,50,65);17,19-21,24-26,28H,10-16,18H2,1-9H3,(H,33,38)/t29?,34?,36-,41-;/m0./s1. The van der Waals surface area contributed by atoms with Gasteiger partial charge in [-0.1, -0.05) is 87.3 Å². The van der Waals surface area contributed by atoms with Crippen LogP contribution in [0.2, 0.25) is 0 Å². The van der Waals surface area contributed by atoms with Crippen LogP contribution >= 0.6 is 11.3 Å². The minimum absolute atomic E-state index is 0.0230. The lowest BCUT2D eigenvalue weighted by molar-refractivity contribution is -0.161. The predicted molar refractivity (Wildman–Crippen MR) is 408 cm³/mol. The number of urea groups is 1. The summed E-state index contributed by atoms with van der Waals surface area (Å²) in [5.74, 6) is -5.07. The number of carbonyl (C=O) groups excluding carboxylic acids is 13. The first kappa shape index (κ1) is 91.0. The largest absolute Gasteiger partial charge is 0.508 e. The minimum Gasteiger partial charge on any atom is -0.508 e. The first-order valence-corrected chi connectivity index (χ1v) is 38.1. The summed E-state index contributed by atoms with van der Waals surface area (Å²) < 4.78 is 16.8. The molecule has 5 rings (SSSR count). The summed E-state index contributed by atoms with van der Waals surface area (Å²) in [7, 11) is 1.94. The van der Waals surface area contributed by atoms with E-state index >= 15 is 0 Å². The van der Waals surface area contributed by atoms with Gasteiger partial charge in [-0.15, -0.1) is 11.3 Å². The Kier molecular flexibility index (Phi) is 39.9. The Labute approximate surface area is 638 Å². The van der Waals surface area contributed by atoms with E-state index in [4.69, 9.17) is 19.9 Å². The molecule has 9 atom stereocenters. The van der Waals surface area contributed by atoms with Gasteiger partial charge in [0.2, 0.25) is 47.3 Å². The lowest BCUT2D eigenvalue weighted by atomic mass is 9.92. The van der Waals surface area contributed by atoms with Crippen LogP contribution in [0.4, 0.5) is 16.2 Å². The first-order valence-electron chi connectivity index (χ1n) is 37.2. The summed E-state index contributed by atoms with van der Waals surface area (Å²) in [6.07, 6.45) is 6.84. The zero-order chi connectivity index (χ0) is 80.2. The van der Waals surface area contributed by atoms with Gasteiger partial charge in [0.05, 0.1) is 25.3 Å². The summed E-state index contributed by atoms with van der Waals surface area (Å²) in [6.45, 7) is 23.4. The molecular weight excluding hydrogens is 1410 g/mol.